The van der Waals surface area contributed by atoms with Crippen molar-refractivity contribution in [3.63, 3.8) is 0 Å². The Morgan fingerprint density at radius 3 is 2.05 bits per heavy atom. The molecule has 1 aromatic heterocycles. The molecule has 1 nitrogen and oxygen atoms in total. The second kappa shape index (κ2) is 5.39. The maximum absolute atomic E-state index is 10.3. The van der Waals surface area contributed by atoms with Crippen LogP contribution in [0.15, 0.2) is 72.1 Å². The van der Waals surface area contributed by atoms with Gasteiger partial charge in [-0.3, -0.25) is 0 Å². The van der Waals surface area contributed by atoms with Crippen molar-refractivity contribution in [3.05, 3.63) is 82.6 Å². The van der Waals surface area contributed by atoms with Crippen LogP contribution < -0.4 is 0 Å². The molecule has 3 rings (SSSR count). The molecule has 0 unspecified atom stereocenters. The molecule has 1 heterocycles. The summed E-state index contributed by atoms with van der Waals surface area (Å²) < 4.78 is 0. The molecule has 3 aromatic rings. The van der Waals surface area contributed by atoms with Crippen LogP contribution in [0.3, 0.4) is 0 Å². The van der Waals surface area contributed by atoms with Crippen LogP contribution in [0.1, 0.15) is 16.5 Å². The van der Waals surface area contributed by atoms with Crippen LogP contribution in [0.2, 0.25) is 0 Å². The van der Waals surface area contributed by atoms with Gasteiger partial charge in [-0.25, -0.2) is 0 Å². The first-order valence-electron chi connectivity index (χ1n) is 6.21. The minimum Gasteiger partial charge on any atom is -0.383 e. The highest BCUT2D eigenvalue weighted by atomic mass is 32.1. The van der Waals surface area contributed by atoms with Crippen LogP contribution in [-0.4, -0.2) is 5.11 Å². The maximum atomic E-state index is 10.3. The number of hydrogen-bond donors (Lipinski definition) is 1. The maximum Gasteiger partial charge on any atom is 0.113 e. The fourth-order valence-electron chi connectivity index (χ4n) is 2.10. The van der Waals surface area contributed by atoms with E-state index in [-0.39, 0.29) is 0 Å². The standard InChI is InChI=1S/C17H14OS/c18-17(16-7-4-12-19-16)15-10-8-14(9-11-15)13-5-2-1-3-6-13/h1-12,17-18H/t17-/m1/s1. The van der Waals surface area contributed by atoms with E-state index in [9.17, 15) is 5.11 Å². The molecular formula is C17H14OS. The van der Waals surface area contributed by atoms with Crippen molar-refractivity contribution in [2.45, 2.75) is 6.10 Å². The fraction of sp³-hybridized carbons (Fsp3) is 0.0588. The monoisotopic (exact) mass is 266 g/mol. The lowest BCUT2D eigenvalue weighted by Crippen LogP contribution is -1.96. The molecule has 94 valence electrons. The molecule has 0 aliphatic carbocycles. The summed E-state index contributed by atoms with van der Waals surface area (Å²) in [4.78, 5) is 0.979. The third-order valence-corrected chi connectivity index (χ3v) is 4.07. The zero-order valence-corrected chi connectivity index (χ0v) is 11.2. The molecule has 0 spiro atoms. The molecule has 0 amide bonds. The van der Waals surface area contributed by atoms with Crippen molar-refractivity contribution >= 4 is 11.3 Å². The quantitative estimate of drug-likeness (QED) is 0.740. The first-order valence-corrected chi connectivity index (χ1v) is 7.09. The number of hydrogen-bond acceptors (Lipinski definition) is 2. The van der Waals surface area contributed by atoms with Crippen molar-refractivity contribution in [1.82, 2.24) is 0 Å². The van der Waals surface area contributed by atoms with E-state index in [1.807, 2.05) is 47.8 Å². The van der Waals surface area contributed by atoms with Gasteiger partial charge < -0.3 is 5.11 Å². The van der Waals surface area contributed by atoms with Gasteiger partial charge in [-0.15, -0.1) is 11.3 Å². The normalized spacial score (nSPS) is 12.3. The van der Waals surface area contributed by atoms with Crippen LogP contribution in [0.4, 0.5) is 0 Å². The number of thiophene rings is 1. The third-order valence-electron chi connectivity index (χ3n) is 3.15. The average Bonchev–Trinajstić information content (AvgIpc) is 3.02. The summed E-state index contributed by atoms with van der Waals surface area (Å²) in [7, 11) is 0. The number of benzene rings is 2. The van der Waals surface area contributed by atoms with Gasteiger partial charge in [0, 0.05) is 4.88 Å². The van der Waals surface area contributed by atoms with Crippen LogP contribution >= 0.6 is 11.3 Å². The summed E-state index contributed by atoms with van der Waals surface area (Å²) in [5.74, 6) is 0. The predicted octanol–water partition coefficient (Wildman–Crippen LogP) is 4.50. The first kappa shape index (κ1) is 12.2. The van der Waals surface area contributed by atoms with E-state index in [0.29, 0.717) is 0 Å². The molecule has 0 saturated carbocycles. The lowest BCUT2D eigenvalue weighted by Gasteiger charge is -2.10. The molecule has 0 aliphatic heterocycles. The molecule has 0 fully saturated rings. The molecule has 19 heavy (non-hydrogen) atoms. The minimum atomic E-state index is -0.523. The molecule has 2 heteroatoms. The summed E-state index contributed by atoms with van der Waals surface area (Å²) in [6.45, 7) is 0. The highest BCUT2D eigenvalue weighted by Gasteiger charge is 2.11. The highest BCUT2D eigenvalue weighted by Crippen LogP contribution is 2.27. The van der Waals surface area contributed by atoms with Crippen molar-refractivity contribution in [2.75, 3.05) is 0 Å². The van der Waals surface area contributed by atoms with Crippen molar-refractivity contribution in [1.29, 1.82) is 0 Å². The Morgan fingerprint density at radius 1 is 0.737 bits per heavy atom. The van der Waals surface area contributed by atoms with E-state index < -0.39 is 6.10 Å². The first-order chi connectivity index (χ1) is 9.34. The Labute approximate surface area is 116 Å². The highest BCUT2D eigenvalue weighted by molar-refractivity contribution is 7.10. The fourth-order valence-corrected chi connectivity index (χ4v) is 2.84. The van der Waals surface area contributed by atoms with E-state index >= 15 is 0 Å². The van der Waals surface area contributed by atoms with Crippen molar-refractivity contribution in [3.8, 4) is 11.1 Å². The van der Waals surface area contributed by atoms with E-state index in [4.69, 9.17) is 0 Å². The molecule has 0 radical (unpaired) electrons. The Morgan fingerprint density at radius 2 is 1.42 bits per heavy atom. The van der Waals surface area contributed by atoms with Gasteiger partial charge in [-0.1, -0.05) is 60.7 Å². The molecule has 1 atom stereocenters. The number of aliphatic hydroxyl groups is 1. The van der Waals surface area contributed by atoms with Gasteiger partial charge in [-0.05, 0) is 28.1 Å². The largest absolute Gasteiger partial charge is 0.383 e. The minimum absolute atomic E-state index is 0.523. The Kier molecular flexibility index (Phi) is 3.45. The van der Waals surface area contributed by atoms with E-state index in [1.54, 1.807) is 11.3 Å². The van der Waals surface area contributed by atoms with Crippen LogP contribution in [0.25, 0.3) is 11.1 Å². The summed E-state index contributed by atoms with van der Waals surface area (Å²) >= 11 is 1.58. The van der Waals surface area contributed by atoms with E-state index in [0.717, 1.165) is 10.4 Å². The smallest absolute Gasteiger partial charge is 0.113 e. The lowest BCUT2D eigenvalue weighted by atomic mass is 10.0. The Balaban J connectivity index is 1.87. The Hall–Kier alpha value is -1.90. The summed E-state index contributed by atoms with van der Waals surface area (Å²) in [6, 6.07) is 22.3. The van der Waals surface area contributed by atoms with Crippen LogP contribution in [0.5, 0.6) is 0 Å². The molecule has 1 N–H and O–H groups in total. The topological polar surface area (TPSA) is 20.2 Å². The zero-order chi connectivity index (χ0) is 13.1. The van der Waals surface area contributed by atoms with Crippen LogP contribution in [0, 0.1) is 0 Å². The van der Waals surface area contributed by atoms with Gasteiger partial charge in [0.1, 0.15) is 6.10 Å². The van der Waals surface area contributed by atoms with Gasteiger partial charge >= 0.3 is 0 Å². The van der Waals surface area contributed by atoms with Crippen molar-refractivity contribution < 1.29 is 5.11 Å². The summed E-state index contributed by atoms with van der Waals surface area (Å²) in [6.07, 6.45) is -0.523. The summed E-state index contributed by atoms with van der Waals surface area (Å²) in [5.41, 5.74) is 3.30. The molecule has 0 aliphatic rings. The third kappa shape index (κ3) is 2.60. The zero-order valence-electron chi connectivity index (χ0n) is 10.4. The van der Waals surface area contributed by atoms with Crippen molar-refractivity contribution in [2.24, 2.45) is 0 Å². The molecular weight excluding hydrogens is 252 g/mol. The SMILES string of the molecule is O[C@H](c1ccc(-c2ccccc2)cc1)c1cccs1. The van der Waals surface area contributed by atoms with Crippen LogP contribution in [-0.2, 0) is 0 Å². The van der Waals surface area contributed by atoms with Gasteiger partial charge in [-0.2, -0.15) is 0 Å². The Bertz CT molecular complexity index is 627. The lowest BCUT2D eigenvalue weighted by molar-refractivity contribution is 0.224. The van der Waals surface area contributed by atoms with Gasteiger partial charge in [0.2, 0.25) is 0 Å². The molecule has 0 saturated heterocycles. The average molecular weight is 266 g/mol. The second-order valence-corrected chi connectivity index (χ2v) is 5.39. The van der Waals surface area contributed by atoms with E-state index in [2.05, 4.69) is 24.3 Å². The van der Waals surface area contributed by atoms with E-state index in [1.165, 1.54) is 11.1 Å². The molecule has 0 bridgehead atoms. The van der Waals surface area contributed by atoms with Gasteiger partial charge in [0.15, 0.2) is 0 Å². The summed E-state index contributed by atoms with van der Waals surface area (Å²) in [5, 5.41) is 12.2. The molecule has 2 aromatic carbocycles. The predicted molar refractivity (Wildman–Crippen MR) is 80.3 cm³/mol. The number of aliphatic hydroxyl groups excluding tert-OH is 1. The second-order valence-electron chi connectivity index (χ2n) is 4.41. The number of rotatable bonds is 3. The van der Waals surface area contributed by atoms with Gasteiger partial charge in [0.05, 0.1) is 0 Å². The van der Waals surface area contributed by atoms with Gasteiger partial charge in [0.25, 0.3) is 0 Å².